The lowest BCUT2D eigenvalue weighted by Crippen LogP contribution is -2.37. The first-order valence-corrected chi connectivity index (χ1v) is 7.86. The molecule has 1 atom stereocenters. The van der Waals surface area contributed by atoms with E-state index in [-0.39, 0.29) is 0 Å². The first kappa shape index (κ1) is 17.6. The molecular weight excluding hydrogens is 249 g/mol. The summed E-state index contributed by atoms with van der Waals surface area (Å²) in [7, 11) is -3.29. The maximum Gasteiger partial charge on any atom is 0.348 e. The highest BCUT2D eigenvalue weighted by atomic mass is 31.2. The Bertz CT molecular complexity index is 356. The second kappa shape index (κ2) is 7.28. The topological polar surface area (TPSA) is 61.5 Å². The lowest BCUT2D eigenvalue weighted by molar-refractivity contribution is 0.198. The van der Waals surface area contributed by atoms with Crippen molar-refractivity contribution in [2.24, 2.45) is 11.1 Å². The molecule has 0 rings (SSSR count). The van der Waals surface area contributed by atoms with Crippen molar-refractivity contribution >= 4 is 7.60 Å². The molecule has 0 aliphatic rings. The van der Waals surface area contributed by atoms with Gasteiger partial charge in [0.25, 0.3) is 0 Å². The summed E-state index contributed by atoms with van der Waals surface area (Å²) < 4.78 is 23.1. The van der Waals surface area contributed by atoms with Gasteiger partial charge >= 0.3 is 7.60 Å². The van der Waals surface area contributed by atoms with Gasteiger partial charge in [-0.05, 0) is 39.3 Å². The first-order chi connectivity index (χ1) is 8.19. The SMILES string of the molecule is CCOP(=O)(OCC)C(N)C(C)(C)C=C=C(C)C. The highest BCUT2D eigenvalue weighted by Gasteiger charge is 2.41. The van der Waals surface area contributed by atoms with Gasteiger partial charge in [0.15, 0.2) is 0 Å². The van der Waals surface area contributed by atoms with E-state index in [9.17, 15) is 4.57 Å². The van der Waals surface area contributed by atoms with E-state index < -0.39 is 18.8 Å². The summed E-state index contributed by atoms with van der Waals surface area (Å²) in [5.41, 5.74) is 9.72. The fourth-order valence-corrected chi connectivity index (χ4v) is 3.39. The number of hydrogen-bond donors (Lipinski definition) is 1. The van der Waals surface area contributed by atoms with E-state index in [2.05, 4.69) is 5.73 Å². The predicted octanol–water partition coefficient (Wildman–Crippen LogP) is 3.68. The summed E-state index contributed by atoms with van der Waals surface area (Å²) in [6, 6.07) is 0. The van der Waals surface area contributed by atoms with Crippen LogP contribution in [-0.2, 0) is 13.6 Å². The Hall–Kier alpha value is -0.370. The van der Waals surface area contributed by atoms with Crippen molar-refractivity contribution < 1.29 is 13.6 Å². The Morgan fingerprint density at radius 2 is 1.78 bits per heavy atom. The molecule has 5 heteroatoms. The quantitative estimate of drug-likeness (QED) is 0.568. The van der Waals surface area contributed by atoms with Crippen LogP contribution < -0.4 is 5.73 Å². The van der Waals surface area contributed by atoms with Crippen molar-refractivity contribution in [2.75, 3.05) is 13.2 Å². The van der Waals surface area contributed by atoms with E-state index in [4.69, 9.17) is 14.8 Å². The summed E-state index contributed by atoms with van der Waals surface area (Å²) in [4.78, 5) is 0. The van der Waals surface area contributed by atoms with E-state index in [0.717, 1.165) is 5.57 Å². The van der Waals surface area contributed by atoms with Gasteiger partial charge < -0.3 is 14.8 Å². The molecule has 106 valence electrons. The smallest absolute Gasteiger partial charge is 0.317 e. The molecule has 0 saturated heterocycles. The lowest BCUT2D eigenvalue weighted by Gasteiger charge is -2.32. The van der Waals surface area contributed by atoms with Crippen molar-refractivity contribution in [1.82, 2.24) is 0 Å². The van der Waals surface area contributed by atoms with E-state index in [1.54, 1.807) is 13.8 Å². The second-order valence-corrected chi connectivity index (χ2v) is 7.08. The van der Waals surface area contributed by atoms with Crippen LogP contribution in [0.2, 0.25) is 0 Å². The van der Waals surface area contributed by atoms with E-state index in [1.807, 2.05) is 33.8 Å². The zero-order valence-corrected chi connectivity index (χ0v) is 13.2. The highest BCUT2D eigenvalue weighted by Crippen LogP contribution is 2.56. The molecule has 4 nitrogen and oxygen atoms in total. The van der Waals surface area contributed by atoms with Gasteiger partial charge in [0, 0.05) is 5.41 Å². The molecule has 0 spiro atoms. The van der Waals surface area contributed by atoms with E-state index in [0.29, 0.717) is 13.2 Å². The normalized spacial score (nSPS) is 13.9. The summed E-state index contributed by atoms with van der Waals surface area (Å²) in [5, 5.41) is 0. The van der Waals surface area contributed by atoms with Crippen LogP contribution in [0, 0.1) is 5.41 Å². The van der Waals surface area contributed by atoms with Crippen LogP contribution in [-0.4, -0.2) is 19.0 Å². The minimum absolute atomic E-state index is 0.313. The van der Waals surface area contributed by atoms with Gasteiger partial charge in [0.05, 0.1) is 13.2 Å². The van der Waals surface area contributed by atoms with Gasteiger partial charge in [-0.25, -0.2) is 0 Å². The first-order valence-electron chi connectivity index (χ1n) is 6.25. The molecule has 0 aromatic heterocycles. The molecule has 0 radical (unpaired) electrons. The molecular formula is C13H26NO3P. The van der Waals surface area contributed by atoms with Crippen LogP contribution in [0.25, 0.3) is 0 Å². The molecule has 0 aliphatic heterocycles. The maximum absolute atomic E-state index is 12.6. The van der Waals surface area contributed by atoms with Crippen molar-refractivity contribution in [3.8, 4) is 0 Å². The average Bonchev–Trinajstić information content (AvgIpc) is 2.26. The zero-order chi connectivity index (χ0) is 14.4. The molecule has 0 aliphatic carbocycles. The summed E-state index contributed by atoms with van der Waals surface area (Å²) in [5.74, 6) is -0.711. The van der Waals surface area contributed by atoms with Crippen LogP contribution in [0.3, 0.4) is 0 Å². The molecule has 1 unspecified atom stereocenters. The van der Waals surface area contributed by atoms with Gasteiger partial charge in [-0.15, -0.1) is 5.73 Å². The zero-order valence-electron chi connectivity index (χ0n) is 12.3. The molecule has 0 aromatic rings. The second-order valence-electron chi connectivity index (χ2n) is 4.93. The molecule has 0 aromatic carbocycles. The van der Waals surface area contributed by atoms with Crippen LogP contribution in [0.4, 0.5) is 0 Å². The molecule has 0 bridgehead atoms. The lowest BCUT2D eigenvalue weighted by atomic mass is 9.93. The minimum Gasteiger partial charge on any atom is -0.317 e. The Kier molecular flexibility index (Phi) is 7.13. The fourth-order valence-electron chi connectivity index (χ4n) is 1.38. The van der Waals surface area contributed by atoms with Crippen LogP contribution in [0.1, 0.15) is 41.5 Å². The molecule has 0 saturated carbocycles. The number of nitrogens with two attached hydrogens (primary N) is 1. The number of hydrogen-bond acceptors (Lipinski definition) is 4. The molecule has 0 heterocycles. The summed E-state index contributed by atoms with van der Waals surface area (Å²) >= 11 is 0. The van der Waals surface area contributed by atoms with Crippen molar-refractivity contribution in [3.63, 3.8) is 0 Å². The monoisotopic (exact) mass is 275 g/mol. The molecule has 2 N–H and O–H groups in total. The van der Waals surface area contributed by atoms with E-state index >= 15 is 0 Å². The van der Waals surface area contributed by atoms with Gasteiger partial charge in [-0.2, -0.15) is 0 Å². The third kappa shape index (κ3) is 5.09. The van der Waals surface area contributed by atoms with Crippen LogP contribution in [0.15, 0.2) is 17.4 Å². The van der Waals surface area contributed by atoms with Crippen molar-refractivity contribution in [3.05, 3.63) is 17.4 Å². The average molecular weight is 275 g/mol. The van der Waals surface area contributed by atoms with Crippen molar-refractivity contribution in [2.45, 2.75) is 47.3 Å². The number of rotatable bonds is 7. The Morgan fingerprint density at radius 1 is 1.33 bits per heavy atom. The maximum atomic E-state index is 12.6. The summed E-state index contributed by atoms with van der Waals surface area (Å²) in [6.45, 7) is 11.9. The third-order valence-electron chi connectivity index (χ3n) is 2.45. The van der Waals surface area contributed by atoms with Gasteiger partial charge in [-0.1, -0.05) is 13.8 Å². The van der Waals surface area contributed by atoms with Gasteiger partial charge in [-0.3, -0.25) is 4.57 Å². The Balaban J connectivity index is 5.25. The van der Waals surface area contributed by atoms with E-state index in [1.165, 1.54) is 0 Å². The van der Waals surface area contributed by atoms with Gasteiger partial charge in [0.1, 0.15) is 5.78 Å². The largest absolute Gasteiger partial charge is 0.348 e. The third-order valence-corrected chi connectivity index (χ3v) is 5.04. The Morgan fingerprint density at radius 3 is 2.11 bits per heavy atom. The van der Waals surface area contributed by atoms with Gasteiger partial charge in [0.2, 0.25) is 0 Å². The van der Waals surface area contributed by atoms with Crippen LogP contribution >= 0.6 is 7.60 Å². The molecule has 0 fully saturated rings. The summed E-state index contributed by atoms with van der Waals surface area (Å²) in [6.07, 6.45) is 1.83. The van der Waals surface area contributed by atoms with Crippen molar-refractivity contribution in [1.29, 1.82) is 0 Å². The highest BCUT2D eigenvalue weighted by molar-refractivity contribution is 7.54. The molecule has 18 heavy (non-hydrogen) atoms. The Labute approximate surface area is 111 Å². The predicted molar refractivity (Wildman–Crippen MR) is 75.6 cm³/mol. The standard InChI is InChI=1S/C13H26NO3P/c1-7-16-18(15,17-8-2)12(14)13(5,6)10-9-11(3)4/h10,12H,7-8,14H2,1-6H3. The fraction of sp³-hybridized carbons (Fsp3) is 0.769. The van der Waals surface area contributed by atoms with Crippen LogP contribution in [0.5, 0.6) is 0 Å². The molecule has 0 amide bonds. The minimum atomic E-state index is -3.29.